The van der Waals surface area contributed by atoms with Gasteiger partial charge in [0.2, 0.25) is 0 Å². The average Bonchev–Trinajstić information content (AvgIpc) is 2.12. The number of rotatable bonds is 5. The Morgan fingerprint density at radius 2 is 2.00 bits per heavy atom. The molecule has 3 nitrogen and oxygen atoms in total. The minimum Gasteiger partial charge on any atom is -0.468 e. The van der Waals surface area contributed by atoms with Gasteiger partial charge in [-0.2, -0.15) is 0 Å². The average molecular weight is 309 g/mol. The Morgan fingerprint density at radius 1 is 1.50 bits per heavy atom. The van der Waals surface area contributed by atoms with Gasteiger partial charge < -0.3 is 10.1 Å². The number of likely N-dealkylation sites (N-methyl/N-ethyl adjacent to an activating group) is 1. The molecule has 0 aliphatic heterocycles. The maximum atomic E-state index is 11.1. The van der Waals surface area contributed by atoms with E-state index in [1.807, 2.05) is 6.92 Å². The Labute approximate surface area is 105 Å². The van der Waals surface area contributed by atoms with E-state index in [1.165, 1.54) is 7.11 Å². The van der Waals surface area contributed by atoms with Crippen LogP contribution in [0.4, 0.5) is 0 Å². The predicted octanol–water partition coefficient (Wildman–Crippen LogP) is 2.16. The molecule has 0 unspecified atom stereocenters. The molecule has 0 saturated carbocycles. The molecule has 2 atom stereocenters. The molecule has 6 heteroatoms. The van der Waals surface area contributed by atoms with Gasteiger partial charge in [0, 0.05) is 0 Å². The normalized spacial score (nSPS) is 14.4. The van der Waals surface area contributed by atoms with Crippen LogP contribution in [0.25, 0.3) is 0 Å². The number of hydrogen-bond acceptors (Lipinski definition) is 3. The van der Waals surface area contributed by atoms with Crippen molar-refractivity contribution in [2.75, 3.05) is 14.2 Å². The number of alkyl halides is 2. The van der Waals surface area contributed by atoms with Crippen LogP contribution in [0.15, 0.2) is 0 Å². The summed E-state index contributed by atoms with van der Waals surface area (Å²) in [6.45, 7) is 1.89. The maximum absolute atomic E-state index is 11.1. The first-order valence-electron chi connectivity index (χ1n) is 4.06. The summed E-state index contributed by atoms with van der Waals surface area (Å²) in [7, 11) is 3.06. The lowest BCUT2D eigenvalue weighted by Crippen LogP contribution is -2.37. The molecule has 0 aliphatic carbocycles. The second-order valence-corrected chi connectivity index (χ2v) is 4.08. The lowest BCUT2D eigenvalue weighted by Gasteiger charge is -2.18. The molecule has 0 spiro atoms. The summed E-state index contributed by atoms with van der Waals surface area (Å²) in [5.41, 5.74) is 0. The van der Waals surface area contributed by atoms with Crippen molar-refractivity contribution in [2.45, 2.75) is 24.2 Å². The summed E-state index contributed by atoms with van der Waals surface area (Å²) in [6, 6.07) is -0.333. The Morgan fingerprint density at radius 3 is 2.29 bits per heavy atom. The summed E-state index contributed by atoms with van der Waals surface area (Å²) >= 11 is 11.3. The van der Waals surface area contributed by atoms with Crippen LogP contribution < -0.4 is 5.32 Å². The molecule has 0 aromatic heterocycles. The molecule has 0 saturated heterocycles. The largest absolute Gasteiger partial charge is 0.468 e. The molecule has 0 aliphatic rings. The zero-order valence-electron chi connectivity index (χ0n) is 8.42. The fourth-order valence-corrected chi connectivity index (χ4v) is 1.15. The van der Waals surface area contributed by atoms with Gasteiger partial charge in [-0.3, -0.25) is 4.79 Å². The number of carbonyl (C=O) groups is 1. The summed E-state index contributed by atoms with van der Waals surface area (Å²) in [5, 5.41) is 2.85. The molecule has 0 heterocycles. The van der Waals surface area contributed by atoms with E-state index < -0.39 is 4.84 Å². The molecule has 0 aromatic rings. The summed E-state index contributed by atoms with van der Waals surface area (Å²) < 4.78 is 4.60. The van der Waals surface area contributed by atoms with Crippen LogP contribution in [0.1, 0.15) is 13.3 Å². The number of nitrogens with one attached hydrogen (secondary N) is 1. The second-order valence-electron chi connectivity index (χ2n) is 2.91. The van der Waals surface area contributed by atoms with E-state index in [-0.39, 0.29) is 34.9 Å². The van der Waals surface area contributed by atoms with Gasteiger partial charge >= 0.3 is 5.97 Å². The number of halogens is 3. The van der Waals surface area contributed by atoms with Crippen molar-refractivity contribution in [3.63, 3.8) is 0 Å². The Balaban J connectivity index is 0. The van der Waals surface area contributed by atoms with Gasteiger partial charge in [0.1, 0.15) is 10.9 Å². The molecule has 1 N–H and O–H groups in total. The number of hydrogen-bond donors (Lipinski definition) is 1. The third-order valence-electron chi connectivity index (χ3n) is 1.87. The highest BCUT2D eigenvalue weighted by molar-refractivity contribution is 8.93. The molecule has 0 amide bonds. The lowest BCUT2D eigenvalue weighted by atomic mass is 10.0. The fourth-order valence-electron chi connectivity index (χ4n) is 0.949. The molecule has 0 bridgehead atoms. The molecule has 14 heavy (non-hydrogen) atoms. The van der Waals surface area contributed by atoms with Crippen LogP contribution in [0.2, 0.25) is 0 Å². The molecular formula is C8H16BrCl2NO2. The Hall–Kier alpha value is 0.490. The van der Waals surface area contributed by atoms with Crippen molar-refractivity contribution in [1.82, 2.24) is 5.32 Å². The van der Waals surface area contributed by atoms with Gasteiger partial charge in [0.05, 0.1) is 7.11 Å². The van der Waals surface area contributed by atoms with E-state index in [0.717, 1.165) is 0 Å². The zero-order chi connectivity index (χ0) is 10.4. The van der Waals surface area contributed by atoms with Crippen LogP contribution in [0, 0.1) is 5.92 Å². The monoisotopic (exact) mass is 307 g/mol. The minimum atomic E-state index is -0.458. The summed E-state index contributed by atoms with van der Waals surface area (Å²) in [4.78, 5) is 10.7. The Bertz CT molecular complexity index is 169. The van der Waals surface area contributed by atoms with Crippen molar-refractivity contribution in [3.05, 3.63) is 0 Å². The van der Waals surface area contributed by atoms with Crippen molar-refractivity contribution in [2.24, 2.45) is 5.92 Å². The predicted molar refractivity (Wildman–Crippen MR) is 64.5 cm³/mol. The van der Waals surface area contributed by atoms with Gasteiger partial charge in [-0.1, -0.05) is 6.92 Å². The molecule has 0 rings (SSSR count). The molecule has 0 radical (unpaired) electrons. The summed E-state index contributed by atoms with van der Waals surface area (Å²) in [6.07, 6.45) is 0.570. The van der Waals surface area contributed by atoms with E-state index in [4.69, 9.17) is 23.2 Å². The molecule has 0 fully saturated rings. The van der Waals surface area contributed by atoms with E-state index >= 15 is 0 Å². The molecule has 86 valence electrons. The van der Waals surface area contributed by atoms with Gasteiger partial charge in [0.15, 0.2) is 0 Å². The maximum Gasteiger partial charge on any atom is 0.322 e. The number of ether oxygens (including phenoxy) is 1. The third-order valence-corrected chi connectivity index (χ3v) is 2.73. The van der Waals surface area contributed by atoms with Crippen molar-refractivity contribution >= 4 is 46.2 Å². The van der Waals surface area contributed by atoms with Gasteiger partial charge in [-0.25, -0.2) is 0 Å². The smallest absolute Gasteiger partial charge is 0.322 e. The fraction of sp³-hybridized carbons (Fsp3) is 0.875. The third kappa shape index (κ3) is 6.06. The van der Waals surface area contributed by atoms with E-state index in [0.29, 0.717) is 6.42 Å². The number of methoxy groups -OCH3 is 1. The summed E-state index contributed by atoms with van der Waals surface area (Å²) in [5.74, 6) is -0.233. The highest BCUT2D eigenvalue weighted by Crippen LogP contribution is 2.19. The van der Waals surface area contributed by atoms with Crippen LogP contribution in [-0.2, 0) is 9.53 Å². The number of carbonyl (C=O) groups excluding carboxylic acids is 1. The van der Waals surface area contributed by atoms with Gasteiger partial charge in [-0.05, 0) is 19.4 Å². The van der Waals surface area contributed by atoms with E-state index in [2.05, 4.69) is 10.1 Å². The second kappa shape index (κ2) is 8.77. The van der Waals surface area contributed by atoms with Crippen LogP contribution in [0.5, 0.6) is 0 Å². The molecule has 0 aromatic carbocycles. The minimum absolute atomic E-state index is 0. The van der Waals surface area contributed by atoms with Crippen LogP contribution in [-0.4, -0.2) is 31.0 Å². The van der Waals surface area contributed by atoms with E-state index in [9.17, 15) is 4.79 Å². The van der Waals surface area contributed by atoms with Crippen LogP contribution >= 0.6 is 40.2 Å². The quantitative estimate of drug-likeness (QED) is 0.625. The SMILES string of the molecule is Br.CN[C@@H](C[C@H](C)C(Cl)Cl)C(=O)OC. The topological polar surface area (TPSA) is 38.3 Å². The van der Waals surface area contributed by atoms with Crippen molar-refractivity contribution in [1.29, 1.82) is 0 Å². The first kappa shape index (κ1) is 16.9. The first-order valence-corrected chi connectivity index (χ1v) is 4.93. The van der Waals surface area contributed by atoms with E-state index in [1.54, 1.807) is 7.05 Å². The van der Waals surface area contributed by atoms with Gasteiger partial charge in [-0.15, -0.1) is 40.2 Å². The highest BCUT2D eigenvalue weighted by atomic mass is 79.9. The zero-order valence-corrected chi connectivity index (χ0v) is 11.6. The van der Waals surface area contributed by atoms with Crippen LogP contribution in [0.3, 0.4) is 0 Å². The number of esters is 1. The highest BCUT2D eigenvalue weighted by Gasteiger charge is 2.22. The Kier molecular flexibility index (Phi) is 10.6. The van der Waals surface area contributed by atoms with Crippen molar-refractivity contribution in [3.8, 4) is 0 Å². The lowest BCUT2D eigenvalue weighted by molar-refractivity contribution is -0.143. The standard InChI is InChI=1S/C8H15Cl2NO2.BrH/c1-5(7(9)10)4-6(11-2)8(12)13-3;/h5-7,11H,4H2,1-3H3;1H/t5-,6-;/m0./s1. The van der Waals surface area contributed by atoms with Crippen molar-refractivity contribution < 1.29 is 9.53 Å². The van der Waals surface area contributed by atoms with Gasteiger partial charge in [0.25, 0.3) is 0 Å². The first-order chi connectivity index (χ1) is 6.02. The molecular weight excluding hydrogens is 293 g/mol.